The highest BCUT2D eigenvalue weighted by Gasteiger charge is 2.26. The van der Waals surface area contributed by atoms with Crippen LogP contribution in [-0.2, 0) is 0 Å². The summed E-state index contributed by atoms with van der Waals surface area (Å²) in [4.78, 5) is 28.6. The molecule has 2 rings (SSSR count). The van der Waals surface area contributed by atoms with Crippen LogP contribution in [0.2, 0.25) is 0 Å². The van der Waals surface area contributed by atoms with Crippen LogP contribution in [0.4, 0.5) is 0 Å². The van der Waals surface area contributed by atoms with Crippen molar-refractivity contribution in [2.24, 2.45) is 5.92 Å². The Balaban J connectivity index is 0.00000612. The third-order valence-electron chi connectivity index (χ3n) is 5.34. The van der Waals surface area contributed by atoms with Gasteiger partial charge in [0.1, 0.15) is 11.5 Å². The molecule has 1 unspecified atom stereocenters. The van der Waals surface area contributed by atoms with Crippen molar-refractivity contribution in [1.82, 2.24) is 4.90 Å². The number of alkyl halides is 2. The zero-order valence-corrected chi connectivity index (χ0v) is 22.6. The number of allylic oxidation sites excluding steroid dienone is 1. The van der Waals surface area contributed by atoms with Gasteiger partial charge in [-0.15, -0.1) is 35.6 Å². The Morgan fingerprint density at radius 3 is 1.74 bits per heavy atom. The van der Waals surface area contributed by atoms with Gasteiger partial charge in [-0.25, -0.2) is 0 Å². The first-order valence-electron chi connectivity index (χ1n) is 11.5. The average molecular weight is 543 g/mol. The number of hydrogen-bond acceptors (Lipinski definition) is 5. The second-order valence-corrected chi connectivity index (χ2v) is 8.55. The molecule has 0 N–H and O–H groups in total. The predicted octanol–water partition coefficient (Wildman–Crippen LogP) is 6.31. The molecule has 2 aromatic rings. The van der Waals surface area contributed by atoms with Gasteiger partial charge >= 0.3 is 0 Å². The first-order chi connectivity index (χ1) is 16.4. The molecule has 8 heteroatoms. The van der Waals surface area contributed by atoms with Crippen molar-refractivity contribution in [2.75, 3.05) is 44.6 Å². The molecule has 0 heterocycles. The van der Waals surface area contributed by atoms with Gasteiger partial charge in [-0.05, 0) is 74.4 Å². The summed E-state index contributed by atoms with van der Waals surface area (Å²) in [6.45, 7) is 10.6. The van der Waals surface area contributed by atoms with Crippen LogP contribution in [0.25, 0.3) is 0 Å². The maximum atomic E-state index is 13.5. The fourth-order valence-electron chi connectivity index (χ4n) is 3.67. The molecule has 0 fully saturated rings. The van der Waals surface area contributed by atoms with E-state index in [4.69, 9.17) is 32.7 Å². The zero-order valence-electron chi connectivity index (χ0n) is 20.3. The zero-order chi connectivity index (χ0) is 24.9. The van der Waals surface area contributed by atoms with E-state index < -0.39 is 5.92 Å². The van der Waals surface area contributed by atoms with Crippen molar-refractivity contribution in [1.29, 1.82) is 0 Å². The molecule has 0 amide bonds. The Morgan fingerprint density at radius 2 is 1.31 bits per heavy atom. The van der Waals surface area contributed by atoms with E-state index in [1.54, 1.807) is 48.5 Å². The molecule has 1 atom stereocenters. The quantitative estimate of drug-likeness (QED) is 0.141. The molecule has 0 radical (unpaired) electrons. The van der Waals surface area contributed by atoms with Crippen molar-refractivity contribution in [3.63, 3.8) is 0 Å². The second kappa shape index (κ2) is 16.6. The fraction of sp³-hybridized carbons (Fsp3) is 0.407. The monoisotopic (exact) mass is 541 g/mol. The number of rotatable bonds is 16. The Labute approximate surface area is 224 Å². The van der Waals surface area contributed by atoms with Gasteiger partial charge in [0.15, 0.2) is 11.6 Å². The molecule has 35 heavy (non-hydrogen) atoms. The van der Waals surface area contributed by atoms with Crippen molar-refractivity contribution >= 4 is 47.2 Å². The highest BCUT2D eigenvalue weighted by Crippen LogP contribution is 2.23. The van der Waals surface area contributed by atoms with E-state index in [-0.39, 0.29) is 30.4 Å². The van der Waals surface area contributed by atoms with Gasteiger partial charge in [0, 0.05) is 48.4 Å². The third kappa shape index (κ3) is 9.85. The number of ketones is 2. The van der Waals surface area contributed by atoms with Crippen LogP contribution >= 0.6 is 35.6 Å². The van der Waals surface area contributed by atoms with Crippen LogP contribution in [-0.4, -0.2) is 61.1 Å². The van der Waals surface area contributed by atoms with Gasteiger partial charge in [0.2, 0.25) is 0 Å². The smallest absolute Gasteiger partial charge is 0.188 e. The van der Waals surface area contributed by atoms with Crippen LogP contribution in [0.5, 0.6) is 11.5 Å². The lowest BCUT2D eigenvalue weighted by Gasteiger charge is -2.26. The highest BCUT2D eigenvalue weighted by atomic mass is 35.5. The number of nitrogens with zero attached hydrogens (tertiary/aromatic N) is 1. The van der Waals surface area contributed by atoms with Crippen LogP contribution in [0.15, 0.2) is 60.7 Å². The SMILES string of the molecule is C=C(CC(CN(CCCl)CCCl)C(=O)c1ccc(OCC)cc1)C(=O)c1ccc(OCC)cc1.Cl. The summed E-state index contributed by atoms with van der Waals surface area (Å²) in [6, 6.07) is 14.0. The van der Waals surface area contributed by atoms with E-state index >= 15 is 0 Å². The minimum absolute atomic E-state index is 0. The van der Waals surface area contributed by atoms with Crippen molar-refractivity contribution in [3.05, 3.63) is 71.8 Å². The molecular formula is C27H34Cl3NO4. The summed E-state index contributed by atoms with van der Waals surface area (Å²) in [5, 5.41) is 0. The van der Waals surface area contributed by atoms with Crippen LogP contribution in [0, 0.1) is 5.92 Å². The summed E-state index contributed by atoms with van der Waals surface area (Å²) < 4.78 is 10.9. The molecule has 5 nitrogen and oxygen atoms in total. The number of halogens is 3. The molecule has 0 saturated heterocycles. The lowest BCUT2D eigenvalue weighted by molar-refractivity contribution is 0.0880. The Bertz CT molecular complexity index is 926. The number of Topliss-reactive ketones (excluding diaryl/α,β-unsaturated/α-hetero) is 2. The van der Waals surface area contributed by atoms with E-state index in [2.05, 4.69) is 6.58 Å². The van der Waals surface area contributed by atoms with E-state index in [1.165, 1.54) is 0 Å². The van der Waals surface area contributed by atoms with E-state index in [1.807, 2.05) is 18.7 Å². The summed E-state index contributed by atoms with van der Waals surface area (Å²) in [7, 11) is 0. The fourth-order valence-corrected chi connectivity index (χ4v) is 4.14. The molecule has 0 aliphatic carbocycles. The first-order valence-corrected chi connectivity index (χ1v) is 12.6. The molecule has 2 aromatic carbocycles. The number of hydrogen-bond donors (Lipinski definition) is 0. The number of carbonyl (C=O) groups is 2. The van der Waals surface area contributed by atoms with Crippen molar-refractivity contribution in [2.45, 2.75) is 20.3 Å². The molecule has 0 aliphatic rings. The largest absolute Gasteiger partial charge is 0.494 e. The molecule has 0 spiro atoms. The average Bonchev–Trinajstić information content (AvgIpc) is 2.84. The van der Waals surface area contributed by atoms with Gasteiger partial charge in [0.25, 0.3) is 0 Å². The summed E-state index contributed by atoms with van der Waals surface area (Å²) in [6.07, 6.45) is 0.235. The normalized spacial score (nSPS) is 11.5. The molecule has 0 saturated carbocycles. The lowest BCUT2D eigenvalue weighted by Crippen LogP contribution is -2.36. The first kappa shape index (κ1) is 31.0. The standard InChI is InChI=1S/C27H33Cl2NO4.ClH/c1-4-33-24-10-6-21(7-11-24)26(31)20(3)18-23(19-30(16-14-28)17-15-29)27(32)22-8-12-25(13-9-22)34-5-2;/h6-13,23H,3-5,14-19H2,1-2H3;1H. The van der Waals surface area contributed by atoms with Gasteiger partial charge in [-0.1, -0.05) is 6.58 Å². The summed E-state index contributed by atoms with van der Waals surface area (Å²) in [5.41, 5.74) is 1.45. The van der Waals surface area contributed by atoms with Crippen molar-refractivity contribution in [3.8, 4) is 11.5 Å². The predicted molar refractivity (Wildman–Crippen MR) is 146 cm³/mol. The topological polar surface area (TPSA) is 55.8 Å². The maximum absolute atomic E-state index is 13.5. The second-order valence-electron chi connectivity index (χ2n) is 7.79. The van der Waals surface area contributed by atoms with Gasteiger partial charge < -0.3 is 14.4 Å². The third-order valence-corrected chi connectivity index (χ3v) is 5.68. The highest BCUT2D eigenvalue weighted by molar-refractivity contribution is 6.18. The molecule has 0 aromatic heterocycles. The van der Waals surface area contributed by atoms with E-state index in [9.17, 15) is 9.59 Å². The summed E-state index contributed by atoms with van der Waals surface area (Å²) >= 11 is 11.9. The number of ether oxygens (including phenoxy) is 2. The van der Waals surface area contributed by atoms with E-state index in [0.717, 1.165) is 0 Å². The Morgan fingerprint density at radius 1 is 0.857 bits per heavy atom. The number of carbonyl (C=O) groups excluding carboxylic acids is 2. The van der Waals surface area contributed by atoms with Crippen LogP contribution < -0.4 is 9.47 Å². The number of benzene rings is 2. The van der Waals surface area contributed by atoms with Gasteiger partial charge in [-0.3, -0.25) is 9.59 Å². The molecule has 192 valence electrons. The van der Waals surface area contributed by atoms with Crippen LogP contribution in [0.1, 0.15) is 41.0 Å². The lowest BCUT2D eigenvalue weighted by atomic mass is 9.88. The Hall–Kier alpha value is -2.05. The summed E-state index contributed by atoms with van der Waals surface area (Å²) in [5.74, 6) is 1.54. The van der Waals surface area contributed by atoms with Gasteiger partial charge in [-0.2, -0.15) is 0 Å². The molecule has 0 bridgehead atoms. The van der Waals surface area contributed by atoms with E-state index in [0.29, 0.717) is 72.8 Å². The molecular weight excluding hydrogens is 509 g/mol. The molecule has 0 aliphatic heterocycles. The van der Waals surface area contributed by atoms with Crippen LogP contribution in [0.3, 0.4) is 0 Å². The maximum Gasteiger partial charge on any atom is 0.188 e. The minimum Gasteiger partial charge on any atom is -0.494 e. The Kier molecular flexibility index (Phi) is 14.7. The van der Waals surface area contributed by atoms with Crippen molar-refractivity contribution < 1.29 is 19.1 Å². The van der Waals surface area contributed by atoms with Gasteiger partial charge in [0.05, 0.1) is 13.2 Å². The minimum atomic E-state index is -0.469.